The molecule has 130 valence electrons. The molecule has 2 rings (SSSR count). The molecule has 1 N–H and O–H groups in total. The summed E-state index contributed by atoms with van der Waals surface area (Å²) < 4.78 is 5.10. The number of nitrogens with zero attached hydrogens (tertiary/aromatic N) is 1. The van der Waals surface area contributed by atoms with E-state index in [2.05, 4.69) is 19.2 Å². The number of carbonyl (C=O) groups is 3. The molecule has 1 saturated heterocycles. The van der Waals surface area contributed by atoms with Crippen LogP contribution in [0.4, 0.5) is 10.5 Å². The lowest BCUT2D eigenvalue weighted by molar-refractivity contribution is -0.153. The Morgan fingerprint density at radius 2 is 1.92 bits per heavy atom. The molecule has 7 heteroatoms. The molecule has 0 aromatic heterocycles. The second kappa shape index (κ2) is 8.19. The molecule has 0 saturated carbocycles. The van der Waals surface area contributed by atoms with Gasteiger partial charge in [0.05, 0.1) is 0 Å². The van der Waals surface area contributed by atoms with Gasteiger partial charge in [-0.15, -0.1) is 0 Å². The van der Waals surface area contributed by atoms with Crippen LogP contribution in [-0.4, -0.2) is 47.0 Å². The van der Waals surface area contributed by atoms with Crippen molar-refractivity contribution in [2.45, 2.75) is 32.8 Å². The number of benzene rings is 1. The van der Waals surface area contributed by atoms with Crippen LogP contribution in [0.25, 0.3) is 0 Å². The number of rotatable bonds is 6. The molecule has 1 fully saturated rings. The van der Waals surface area contributed by atoms with Crippen molar-refractivity contribution in [3.8, 4) is 0 Å². The molecule has 0 unspecified atom stereocenters. The third-order valence-electron chi connectivity index (χ3n) is 3.69. The van der Waals surface area contributed by atoms with E-state index in [0.29, 0.717) is 23.9 Å². The molecule has 1 atom stereocenters. The lowest BCUT2D eigenvalue weighted by atomic mass is 10.0. The molecular formula is C17H22N2O4S. The van der Waals surface area contributed by atoms with Crippen molar-refractivity contribution < 1.29 is 19.1 Å². The Kier molecular flexibility index (Phi) is 6.25. The van der Waals surface area contributed by atoms with Gasteiger partial charge in [0, 0.05) is 18.0 Å². The van der Waals surface area contributed by atoms with Crippen LogP contribution in [0, 0.1) is 0 Å². The topological polar surface area (TPSA) is 75.7 Å². The van der Waals surface area contributed by atoms with Gasteiger partial charge in [-0.05, 0) is 30.5 Å². The van der Waals surface area contributed by atoms with Gasteiger partial charge in [-0.1, -0.05) is 37.7 Å². The first-order valence-corrected chi connectivity index (χ1v) is 8.87. The first-order chi connectivity index (χ1) is 11.4. The number of esters is 1. The second-order valence-corrected chi connectivity index (χ2v) is 6.98. The number of anilines is 1. The SMILES string of the molecule is CC(C)c1ccc(NC(=O)[C@@H](C)OC(=O)CN2CCSC2=O)cc1. The van der Waals surface area contributed by atoms with Gasteiger partial charge in [-0.25, -0.2) is 0 Å². The van der Waals surface area contributed by atoms with E-state index in [4.69, 9.17) is 4.74 Å². The lowest BCUT2D eigenvalue weighted by Crippen LogP contribution is -2.36. The highest BCUT2D eigenvalue weighted by Crippen LogP contribution is 2.18. The van der Waals surface area contributed by atoms with Gasteiger partial charge in [-0.3, -0.25) is 14.4 Å². The molecule has 0 spiro atoms. The largest absolute Gasteiger partial charge is 0.451 e. The van der Waals surface area contributed by atoms with E-state index in [0.717, 1.165) is 0 Å². The predicted octanol–water partition coefficient (Wildman–Crippen LogP) is 2.85. The van der Waals surface area contributed by atoms with Crippen molar-refractivity contribution in [3.05, 3.63) is 29.8 Å². The highest BCUT2D eigenvalue weighted by atomic mass is 32.2. The van der Waals surface area contributed by atoms with Gasteiger partial charge in [0.15, 0.2) is 6.10 Å². The van der Waals surface area contributed by atoms with E-state index in [9.17, 15) is 14.4 Å². The predicted molar refractivity (Wildman–Crippen MR) is 94.1 cm³/mol. The molecule has 1 heterocycles. The third-order valence-corrected chi connectivity index (χ3v) is 4.58. The quantitative estimate of drug-likeness (QED) is 0.799. The Morgan fingerprint density at radius 1 is 1.25 bits per heavy atom. The number of carbonyl (C=O) groups excluding carboxylic acids is 3. The highest BCUT2D eigenvalue weighted by molar-refractivity contribution is 8.13. The standard InChI is InChI=1S/C17H22N2O4S/c1-11(2)13-4-6-14(7-5-13)18-16(21)12(3)23-15(20)10-19-8-9-24-17(19)22/h4-7,11-12H,8-10H2,1-3H3,(H,18,21)/t12-/m1/s1. The molecule has 0 aliphatic carbocycles. The van der Waals surface area contributed by atoms with Gasteiger partial charge in [0.25, 0.3) is 11.1 Å². The summed E-state index contributed by atoms with van der Waals surface area (Å²) in [4.78, 5) is 36.8. The lowest BCUT2D eigenvalue weighted by Gasteiger charge is -2.17. The molecule has 6 nitrogen and oxygen atoms in total. The second-order valence-electron chi connectivity index (χ2n) is 5.93. The van der Waals surface area contributed by atoms with Crippen LogP contribution in [0.15, 0.2) is 24.3 Å². The zero-order valence-corrected chi connectivity index (χ0v) is 14.9. The van der Waals surface area contributed by atoms with Gasteiger partial charge in [0.2, 0.25) is 0 Å². The average Bonchev–Trinajstić information content (AvgIpc) is 2.92. The van der Waals surface area contributed by atoms with E-state index in [1.165, 1.54) is 29.1 Å². The summed E-state index contributed by atoms with van der Waals surface area (Å²) in [5, 5.41) is 2.58. The maximum absolute atomic E-state index is 12.1. The van der Waals surface area contributed by atoms with Gasteiger partial charge >= 0.3 is 5.97 Å². The first-order valence-electron chi connectivity index (χ1n) is 7.89. The zero-order valence-electron chi connectivity index (χ0n) is 14.1. The molecule has 2 amide bonds. The summed E-state index contributed by atoms with van der Waals surface area (Å²) in [6.07, 6.45) is -0.923. The van der Waals surface area contributed by atoms with E-state index in [1.54, 1.807) is 0 Å². The Balaban J connectivity index is 1.82. The van der Waals surface area contributed by atoms with Crippen LogP contribution in [-0.2, 0) is 14.3 Å². The van der Waals surface area contributed by atoms with Crippen molar-refractivity contribution in [1.29, 1.82) is 0 Å². The number of ether oxygens (including phenoxy) is 1. The summed E-state index contributed by atoms with van der Waals surface area (Å²) in [5.41, 5.74) is 1.83. The number of hydrogen-bond donors (Lipinski definition) is 1. The molecule has 1 aromatic carbocycles. The Labute approximate surface area is 145 Å². The summed E-state index contributed by atoms with van der Waals surface area (Å²) in [5.74, 6) is 0.113. The number of thioether (sulfide) groups is 1. The van der Waals surface area contributed by atoms with E-state index < -0.39 is 18.0 Å². The smallest absolute Gasteiger partial charge is 0.326 e. The molecule has 1 aliphatic rings. The average molecular weight is 350 g/mol. The van der Waals surface area contributed by atoms with Crippen molar-refractivity contribution in [3.63, 3.8) is 0 Å². The molecule has 0 bridgehead atoms. The first kappa shape index (κ1) is 18.3. The van der Waals surface area contributed by atoms with Crippen LogP contribution in [0.2, 0.25) is 0 Å². The maximum atomic E-state index is 12.1. The zero-order chi connectivity index (χ0) is 17.7. The fourth-order valence-electron chi connectivity index (χ4n) is 2.21. The van der Waals surface area contributed by atoms with Gasteiger partial charge < -0.3 is 15.0 Å². The fraction of sp³-hybridized carbons (Fsp3) is 0.471. The van der Waals surface area contributed by atoms with Crippen LogP contribution < -0.4 is 5.32 Å². The Bertz CT molecular complexity index is 616. The van der Waals surface area contributed by atoms with Crippen LogP contribution in [0.5, 0.6) is 0 Å². The van der Waals surface area contributed by atoms with Gasteiger partial charge in [0.1, 0.15) is 6.54 Å². The molecule has 1 aromatic rings. The number of nitrogens with one attached hydrogen (secondary N) is 1. The summed E-state index contributed by atoms with van der Waals surface area (Å²) in [7, 11) is 0. The normalized spacial score (nSPS) is 15.5. The van der Waals surface area contributed by atoms with Gasteiger partial charge in [-0.2, -0.15) is 0 Å². The summed E-state index contributed by atoms with van der Waals surface area (Å²) in [6.45, 7) is 6.11. The monoisotopic (exact) mass is 350 g/mol. The minimum Gasteiger partial charge on any atom is -0.451 e. The van der Waals surface area contributed by atoms with Crippen LogP contribution >= 0.6 is 11.8 Å². The summed E-state index contributed by atoms with van der Waals surface area (Å²) in [6, 6.07) is 7.55. The Morgan fingerprint density at radius 3 is 2.46 bits per heavy atom. The molecule has 0 radical (unpaired) electrons. The molecule has 1 aliphatic heterocycles. The Hall–Kier alpha value is -2.02. The highest BCUT2D eigenvalue weighted by Gasteiger charge is 2.26. The van der Waals surface area contributed by atoms with Crippen LogP contribution in [0.1, 0.15) is 32.3 Å². The minimum absolute atomic E-state index is 0.119. The minimum atomic E-state index is -0.923. The van der Waals surface area contributed by atoms with Crippen LogP contribution in [0.3, 0.4) is 0 Å². The maximum Gasteiger partial charge on any atom is 0.326 e. The van der Waals surface area contributed by atoms with E-state index in [1.807, 2.05) is 24.3 Å². The number of hydrogen-bond acceptors (Lipinski definition) is 5. The molecule has 24 heavy (non-hydrogen) atoms. The van der Waals surface area contributed by atoms with Crippen molar-refractivity contribution in [2.24, 2.45) is 0 Å². The van der Waals surface area contributed by atoms with Crippen molar-refractivity contribution in [2.75, 3.05) is 24.2 Å². The van der Waals surface area contributed by atoms with E-state index in [-0.39, 0.29) is 11.8 Å². The third kappa shape index (κ3) is 4.99. The molecular weight excluding hydrogens is 328 g/mol. The van der Waals surface area contributed by atoms with E-state index >= 15 is 0 Å². The summed E-state index contributed by atoms with van der Waals surface area (Å²) >= 11 is 1.18. The van der Waals surface area contributed by atoms with Crippen molar-refractivity contribution in [1.82, 2.24) is 4.90 Å². The fourth-order valence-corrected chi connectivity index (χ4v) is 3.03. The number of amides is 2. The van der Waals surface area contributed by atoms with Crippen molar-refractivity contribution >= 4 is 34.6 Å².